The van der Waals surface area contributed by atoms with Gasteiger partial charge in [-0.2, -0.15) is 0 Å². The van der Waals surface area contributed by atoms with Crippen molar-refractivity contribution in [3.05, 3.63) is 243 Å². The van der Waals surface area contributed by atoms with Crippen molar-refractivity contribution in [2.24, 2.45) is 0 Å². The van der Waals surface area contributed by atoms with Gasteiger partial charge in [-0.25, -0.2) is 0 Å². The minimum atomic E-state index is 0.863. The van der Waals surface area contributed by atoms with Crippen molar-refractivity contribution in [3.8, 4) is 39.1 Å². The molecule has 304 valence electrons. The Balaban J connectivity index is 0.916. The van der Waals surface area contributed by atoms with Gasteiger partial charge in [-0.3, -0.25) is 0 Å². The van der Waals surface area contributed by atoms with Gasteiger partial charge in [0.15, 0.2) is 0 Å². The number of aromatic nitrogens is 1. The van der Waals surface area contributed by atoms with Crippen LogP contribution in [0, 0.1) is 0 Å². The van der Waals surface area contributed by atoms with Crippen molar-refractivity contribution in [2.75, 3.05) is 4.90 Å². The number of furan rings is 1. The van der Waals surface area contributed by atoms with Crippen molar-refractivity contribution in [1.82, 2.24) is 4.57 Å². The van der Waals surface area contributed by atoms with E-state index in [1.807, 2.05) is 6.07 Å². The normalized spacial score (nSPS) is 11.7. The third-order valence-electron chi connectivity index (χ3n) is 13.2. The molecule has 0 amide bonds. The number of anilines is 3. The Bertz CT molecular complexity index is 3900. The van der Waals surface area contributed by atoms with Gasteiger partial charge in [-0.1, -0.05) is 170 Å². The highest BCUT2D eigenvalue weighted by Gasteiger charge is 2.21. The fourth-order valence-corrected chi connectivity index (χ4v) is 10.2. The average molecular weight is 829 g/mol. The largest absolute Gasteiger partial charge is 0.456 e. The van der Waals surface area contributed by atoms with Crippen molar-refractivity contribution in [1.29, 1.82) is 0 Å². The maximum atomic E-state index is 6.44. The van der Waals surface area contributed by atoms with Gasteiger partial charge in [0.25, 0.3) is 0 Å². The van der Waals surface area contributed by atoms with E-state index in [-0.39, 0.29) is 0 Å². The molecule has 0 aliphatic rings. The van der Waals surface area contributed by atoms with Crippen LogP contribution < -0.4 is 4.90 Å². The van der Waals surface area contributed by atoms with Crippen molar-refractivity contribution < 1.29 is 4.42 Å². The number of rotatable bonds is 7. The van der Waals surface area contributed by atoms with Crippen LogP contribution in [-0.2, 0) is 0 Å². The van der Waals surface area contributed by atoms with Gasteiger partial charge in [-0.05, 0) is 122 Å². The fourth-order valence-electron chi connectivity index (χ4n) is 10.2. The van der Waals surface area contributed by atoms with Crippen LogP contribution in [0.4, 0.5) is 17.1 Å². The van der Waals surface area contributed by atoms with Crippen LogP contribution in [0.1, 0.15) is 0 Å². The zero-order valence-corrected chi connectivity index (χ0v) is 35.4. The molecule has 0 aliphatic carbocycles. The zero-order chi connectivity index (χ0) is 42.8. The lowest BCUT2D eigenvalue weighted by Gasteiger charge is -2.27. The number of benzene rings is 11. The highest BCUT2D eigenvalue weighted by Crippen LogP contribution is 2.45. The van der Waals surface area contributed by atoms with Gasteiger partial charge in [0.2, 0.25) is 0 Å². The predicted octanol–water partition coefficient (Wildman–Crippen LogP) is 17.5. The first-order valence-corrected chi connectivity index (χ1v) is 22.2. The topological polar surface area (TPSA) is 21.3 Å². The molecule has 0 fully saturated rings. The first-order valence-electron chi connectivity index (χ1n) is 22.2. The van der Waals surface area contributed by atoms with Crippen LogP contribution in [0.15, 0.2) is 247 Å². The van der Waals surface area contributed by atoms with E-state index in [0.717, 1.165) is 55.8 Å². The molecular formula is C62H40N2O. The lowest BCUT2D eigenvalue weighted by atomic mass is 9.93. The minimum absolute atomic E-state index is 0.863. The van der Waals surface area contributed by atoms with Crippen molar-refractivity contribution in [3.63, 3.8) is 0 Å². The summed E-state index contributed by atoms with van der Waals surface area (Å²) in [5.74, 6) is 0. The van der Waals surface area contributed by atoms with Gasteiger partial charge in [0, 0.05) is 33.1 Å². The second-order valence-electron chi connectivity index (χ2n) is 16.8. The lowest BCUT2D eigenvalue weighted by molar-refractivity contribution is 0.669. The molecule has 3 nitrogen and oxygen atoms in total. The Kier molecular flexibility index (Phi) is 8.53. The van der Waals surface area contributed by atoms with Gasteiger partial charge in [0.1, 0.15) is 11.2 Å². The fraction of sp³-hybridized carbons (Fsp3) is 0. The standard InChI is InChI=1S/C62H40N2O/c1-2-18-48-45(15-1)40-55(51-21-4-3-20-50(48)51)42-33-37-47(38-34-42)63(59-28-14-30-61-62(59)54-24-8-12-29-60(54)65-61)46-35-31-41(32-36-46)43-16-13-17-44(39-43)49-19-5-9-25-56(49)64-57-26-10-6-22-52(57)53-23-7-11-27-58(53)64/h1-40H. The molecule has 0 N–H and O–H groups in total. The molecule has 13 aromatic rings. The summed E-state index contributed by atoms with van der Waals surface area (Å²) in [7, 11) is 0. The number of fused-ring (bicyclic) bond motifs is 9. The third-order valence-corrected chi connectivity index (χ3v) is 13.2. The van der Waals surface area contributed by atoms with E-state index >= 15 is 0 Å². The van der Waals surface area contributed by atoms with Gasteiger partial charge < -0.3 is 13.9 Å². The zero-order valence-electron chi connectivity index (χ0n) is 35.4. The number of hydrogen-bond donors (Lipinski definition) is 0. The summed E-state index contributed by atoms with van der Waals surface area (Å²) in [5, 5.41) is 9.73. The highest BCUT2D eigenvalue weighted by atomic mass is 16.3. The third kappa shape index (κ3) is 6.05. The van der Waals surface area contributed by atoms with Crippen molar-refractivity contribution in [2.45, 2.75) is 0 Å². The molecule has 0 saturated heterocycles. The van der Waals surface area contributed by atoms with Crippen LogP contribution in [-0.4, -0.2) is 4.57 Å². The first kappa shape index (κ1) is 36.9. The van der Waals surface area contributed by atoms with E-state index in [0.29, 0.717) is 0 Å². The van der Waals surface area contributed by atoms with Crippen LogP contribution in [0.3, 0.4) is 0 Å². The summed E-state index contributed by atoms with van der Waals surface area (Å²) in [6, 6.07) is 87.7. The average Bonchev–Trinajstić information content (AvgIpc) is 3.93. The molecule has 0 atom stereocenters. The molecule has 2 heterocycles. The van der Waals surface area contributed by atoms with Crippen molar-refractivity contribution >= 4 is 82.4 Å². The Morgan fingerprint density at radius 3 is 1.63 bits per heavy atom. The summed E-state index contributed by atoms with van der Waals surface area (Å²) < 4.78 is 8.85. The van der Waals surface area contributed by atoms with Crippen LogP contribution in [0.2, 0.25) is 0 Å². The Morgan fingerprint density at radius 2 is 0.877 bits per heavy atom. The lowest BCUT2D eigenvalue weighted by Crippen LogP contribution is -2.10. The molecule has 11 aromatic carbocycles. The molecule has 65 heavy (non-hydrogen) atoms. The SMILES string of the molecule is c1cc(-c2ccc(N(c3ccc(-c4cc5ccccc5c5ccccc45)cc3)c3cccc4oc5ccccc5c34)cc2)cc(-c2ccccc2-n2c3ccccc3c3ccccc32)c1. The van der Waals surface area contributed by atoms with E-state index in [1.165, 1.54) is 65.6 Å². The number of hydrogen-bond acceptors (Lipinski definition) is 2. The number of nitrogens with zero attached hydrogens (tertiary/aromatic N) is 2. The quantitative estimate of drug-likeness (QED) is 0.149. The van der Waals surface area contributed by atoms with E-state index in [9.17, 15) is 0 Å². The maximum Gasteiger partial charge on any atom is 0.137 e. The van der Waals surface area contributed by atoms with Gasteiger partial charge in [0.05, 0.1) is 27.8 Å². The van der Waals surface area contributed by atoms with Gasteiger partial charge >= 0.3 is 0 Å². The molecular weight excluding hydrogens is 789 g/mol. The van der Waals surface area contributed by atoms with E-state index in [2.05, 4.69) is 246 Å². The summed E-state index contributed by atoms with van der Waals surface area (Å²) in [6.45, 7) is 0. The summed E-state index contributed by atoms with van der Waals surface area (Å²) in [4.78, 5) is 2.37. The monoisotopic (exact) mass is 828 g/mol. The molecule has 13 rings (SSSR count). The molecule has 0 spiro atoms. The number of para-hydroxylation sites is 4. The van der Waals surface area contributed by atoms with E-state index in [4.69, 9.17) is 4.42 Å². The molecule has 2 aromatic heterocycles. The highest BCUT2D eigenvalue weighted by molar-refractivity contribution is 6.15. The second-order valence-corrected chi connectivity index (χ2v) is 16.8. The predicted molar refractivity (Wildman–Crippen MR) is 274 cm³/mol. The van der Waals surface area contributed by atoms with Crippen LogP contribution in [0.5, 0.6) is 0 Å². The Morgan fingerprint density at radius 1 is 0.323 bits per heavy atom. The van der Waals surface area contributed by atoms with E-state index < -0.39 is 0 Å². The summed E-state index contributed by atoms with van der Waals surface area (Å²) in [6.07, 6.45) is 0. The molecule has 0 radical (unpaired) electrons. The minimum Gasteiger partial charge on any atom is -0.456 e. The second kappa shape index (κ2) is 15.0. The summed E-state index contributed by atoms with van der Waals surface area (Å²) in [5.41, 5.74) is 15.6. The molecule has 0 bridgehead atoms. The molecule has 0 aliphatic heterocycles. The van der Waals surface area contributed by atoms with E-state index in [1.54, 1.807) is 0 Å². The Labute approximate surface area is 376 Å². The summed E-state index contributed by atoms with van der Waals surface area (Å²) >= 11 is 0. The van der Waals surface area contributed by atoms with Gasteiger partial charge in [-0.15, -0.1) is 0 Å². The molecule has 0 saturated carbocycles. The molecule has 0 unspecified atom stereocenters. The molecule has 3 heteroatoms. The maximum absolute atomic E-state index is 6.44. The van der Waals surface area contributed by atoms with Crippen LogP contribution in [0.25, 0.3) is 104 Å². The smallest absolute Gasteiger partial charge is 0.137 e. The first-order chi connectivity index (χ1) is 32.2. The Hall–Kier alpha value is -8.66. The van der Waals surface area contributed by atoms with Crippen LogP contribution >= 0.6 is 0 Å².